The molecular formula is C18H19F2NO2. The molecule has 2 aromatic rings. The molecule has 0 aliphatic carbocycles. The third-order valence-electron chi connectivity index (χ3n) is 3.79. The van der Waals surface area contributed by atoms with Gasteiger partial charge in [0.25, 0.3) is 0 Å². The average Bonchev–Trinajstić information content (AvgIpc) is 2.55. The van der Waals surface area contributed by atoms with Gasteiger partial charge in [0.05, 0.1) is 13.0 Å². The first-order chi connectivity index (χ1) is 10.9. The highest BCUT2D eigenvalue weighted by atomic mass is 19.1. The summed E-state index contributed by atoms with van der Waals surface area (Å²) in [6.07, 6.45) is 0.122. The third kappa shape index (κ3) is 4.36. The van der Waals surface area contributed by atoms with Gasteiger partial charge in [-0.3, -0.25) is 4.79 Å². The number of carbonyl (C=O) groups excluding carboxylic acids is 1. The fraction of sp³-hybridized carbons (Fsp3) is 0.278. The van der Waals surface area contributed by atoms with E-state index in [0.29, 0.717) is 11.1 Å². The summed E-state index contributed by atoms with van der Waals surface area (Å²) in [5.41, 5.74) is 0.113. The molecule has 5 heteroatoms. The van der Waals surface area contributed by atoms with Gasteiger partial charge in [-0.15, -0.1) is 0 Å². The highest BCUT2D eigenvalue weighted by Crippen LogP contribution is 2.26. The minimum Gasteiger partial charge on any atom is -0.372 e. The standard InChI is InChI=1S/C18H19F2NO2/c1-18(23-2,15-5-3-4-6-16(15)20)12-21-17(22)11-13-7-9-14(19)10-8-13/h3-10H,11-12H2,1-2H3,(H,21,22)/t18-/m1/s1. The van der Waals surface area contributed by atoms with Crippen LogP contribution in [0.4, 0.5) is 8.78 Å². The Bertz CT molecular complexity index is 673. The zero-order valence-electron chi connectivity index (χ0n) is 13.1. The Hall–Kier alpha value is -2.27. The molecule has 0 radical (unpaired) electrons. The topological polar surface area (TPSA) is 38.3 Å². The van der Waals surface area contributed by atoms with Gasteiger partial charge in [-0.2, -0.15) is 0 Å². The van der Waals surface area contributed by atoms with Crippen molar-refractivity contribution in [2.45, 2.75) is 18.9 Å². The summed E-state index contributed by atoms with van der Waals surface area (Å²) >= 11 is 0. The van der Waals surface area contributed by atoms with Crippen molar-refractivity contribution in [3.63, 3.8) is 0 Å². The van der Waals surface area contributed by atoms with Crippen LogP contribution in [-0.2, 0) is 21.6 Å². The van der Waals surface area contributed by atoms with Gasteiger partial charge in [-0.05, 0) is 30.7 Å². The molecule has 2 rings (SSSR count). The SMILES string of the molecule is CO[C@](C)(CNC(=O)Cc1ccc(F)cc1)c1ccccc1F. The first-order valence-electron chi connectivity index (χ1n) is 7.26. The quantitative estimate of drug-likeness (QED) is 0.888. The zero-order valence-corrected chi connectivity index (χ0v) is 13.1. The molecule has 0 heterocycles. The molecule has 0 aliphatic rings. The lowest BCUT2D eigenvalue weighted by Gasteiger charge is -2.29. The van der Waals surface area contributed by atoms with Crippen LogP contribution in [0, 0.1) is 11.6 Å². The fourth-order valence-corrected chi connectivity index (χ4v) is 2.28. The summed E-state index contributed by atoms with van der Waals surface area (Å²) < 4.78 is 32.2. The van der Waals surface area contributed by atoms with Crippen molar-refractivity contribution in [1.82, 2.24) is 5.32 Å². The molecule has 0 spiro atoms. The zero-order chi connectivity index (χ0) is 16.9. The molecule has 1 N–H and O–H groups in total. The number of hydrogen-bond acceptors (Lipinski definition) is 2. The van der Waals surface area contributed by atoms with E-state index in [1.807, 2.05) is 0 Å². The summed E-state index contributed by atoms with van der Waals surface area (Å²) in [5.74, 6) is -0.971. The first-order valence-corrected chi connectivity index (χ1v) is 7.26. The molecule has 1 amide bonds. The van der Waals surface area contributed by atoms with Crippen molar-refractivity contribution in [1.29, 1.82) is 0 Å². The second-order valence-corrected chi connectivity index (χ2v) is 5.49. The van der Waals surface area contributed by atoms with Gasteiger partial charge >= 0.3 is 0 Å². The molecule has 0 saturated carbocycles. The van der Waals surface area contributed by atoms with Gasteiger partial charge in [0, 0.05) is 12.7 Å². The van der Waals surface area contributed by atoms with Gasteiger partial charge in [-0.25, -0.2) is 8.78 Å². The van der Waals surface area contributed by atoms with E-state index in [1.165, 1.54) is 25.3 Å². The number of amides is 1. The minimum absolute atomic E-state index is 0.122. The van der Waals surface area contributed by atoms with Crippen LogP contribution < -0.4 is 5.32 Å². The van der Waals surface area contributed by atoms with E-state index < -0.39 is 5.60 Å². The van der Waals surface area contributed by atoms with Gasteiger partial charge in [0.1, 0.15) is 17.2 Å². The normalized spacial score (nSPS) is 13.4. The number of carbonyl (C=O) groups is 1. The molecule has 0 aromatic heterocycles. The lowest BCUT2D eigenvalue weighted by atomic mass is 9.95. The van der Waals surface area contributed by atoms with Crippen LogP contribution in [-0.4, -0.2) is 19.6 Å². The first kappa shape index (κ1) is 17.1. The van der Waals surface area contributed by atoms with Gasteiger partial charge < -0.3 is 10.1 Å². The highest BCUT2D eigenvalue weighted by Gasteiger charge is 2.29. The van der Waals surface area contributed by atoms with Crippen LogP contribution in [0.25, 0.3) is 0 Å². The maximum absolute atomic E-state index is 14.0. The average molecular weight is 319 g/mol. The second kappa shape index (κ2) is 7.33. The van der Waals surface area contributed by atoms with E-state index in [1.54, 1.807) is 37.3 Å². The van der Waals surface area contributed by atoms with Gasteiger partial charge in [0.2, 0.25) is 5.91 Å². The lowest BCUT2D eigenvalue weighted by molar-refractivity contribution is -0.122. The van der Waals surface area contributed by atoms with E-state index in [9.17, 15) is 13.6 Å². The fourth-order valence-electron chi connectivity index (χ4n) is 2.28. The van der Waals surface area contributed by atoms with Crippen LogP contribution in [0.15, 0.2) is 48.5 Å². The molecule has 0 saturated heterocycles. The highest BCUT2D eigenvalue weighted by molar-refractivity contribution is 5.78. The Labute approximate surface area is 134 Å². The maximum atomic E-state index is 14.0. The molecular weight excluding hydrogens is 300 g/mol. The van der Waals surface area contributed by atoms with Crippen LogP contribution in [0.5, 0.6) is 0 Å². The van der Waals surface area contributed by atoms with Crippen LogP contribution in [0.1, 0.15) is 18.1 Å². The van der Waals surface area contributed by atoms with Gasteiger partial charge in [-0.1, -0.05) is 30.3 Å². The van der Waals surface area contributed by atoms with Gasteiger partial charge in [0.15, 0.2) is 0 Å². The summed E-state index contributed by atoms with van der Waals surface area (Å²) in [6.45, 7) is 1.84. The summed E-state index contributed by atoms with van der Waals surface area (Å²) in [5, 5.41) is 2.74. The molecule has 0 fully saturated rings. The Kier molecular flexibility index (Phi) is 5.45. The van der Waals surface area contributed by atoms with Crippen molar-refractivity contribution in [2.75, 3.05) is 13.7 Å². The number of benzene rings is 2. The molecule has 0 aliphatic heterocycles. The number of rotatable bonds is 6. The molecule has 2 aromatic carbocycles. The monoisotopic (exact) mass is 319 g/mol. The van der Waals surface area contributed by atoms with Crippen molar-refractivity contribution in [3.8, 4) is 0 Å². The van der Waals surface area contributed by atoms with E-state index in [-0.39, 0.29) is 30.5 Å². The summed E-state index contributed by atoms with van der Waals surface area (Å²) in [7, 11) is 1.47. The number of hydrogen-bond donors (Lipinski definition) is 1. The van der Waals surface area contributed by atoms with E-state index in [4.69, 9.17) is 4.74 Å². The third-order valence-corrected chi connectivity index (χ3v) is 3.79. The predicted octanol–water partition coefficient (Wildman–Crippen LogP) is 3.19. The molecule has 1 atom stereocenters. The number of ether oxygens (including phenoxy) is 1. The van der Waals surface area contributed by atoms with Crippen molar-refractivity contribution in [2.24, 2.45) is 0 Å². The van der Waals surface area contributed by atoms with Crippen LogP contribution in [0.2, 0.25) is 0 Å². The van der Waals surface area contributed by atoms with Crippen molar-refractivity contribution in [3.05, 3.63) is 71.3 Å². The second-order valence-electron chi connectivity index (χ2n) is 5.49. The Morgan fingerprint density at radius 2 is 1.78 bits per heavy atom. The predicted molar refractivity (Wildman–Crippen MR) is 83.9 cm³/mol. The number of nitrogens with one attached hydrogen (secondary N) is 1. The summed E-state index contributed by atoms with van der Waals surface area (Å²) in [4.78, 5) is 12.0. The van der Waals surface area contributed by atoms with E-state index >= 15 is 0 Å². The molecule has 3 nitrogen and oxygen atoms in total. The smallest absolute Gasteiger partial charge is 0.224 e. The van der Waals surface area contributed by atoms with Crippen molar-refractivity contribution >= 4 is 5.91 Å². The molecule has 23 heavy (non-hydrogen) atoms. The Balaban J connectivity index is 2.01. The lowest BCUT2D eigenvalue weighted by Crippen LogP contribution is -2.41. The van der Waals surface area contributed by atoms with E-state index in [0.717, 1.165) is 0 Å². The molecule has 0 unspecified atom stereocenters. The minimum atomic E-state index is -0.968. The number of methoxy groups -OCH3 is 1. The molecule has 122 valence electrons. The van der Waals surface area contributed by atoms with Crippen LogP contribution in [0.3, 0.4) is 0 Å². The summed E-state index contributed by atoms with van der Waals surface area (Å²) in [6, 6.07) is 12.0. The molecule has 0 bridgehead atoms. The largest absolute Gasteiger partial charge is 0.372 e. The Morgan fingerprint density at radius 1 is 1.13 bits per heavy atom. The van der Waals surface area contributed by atoms with Crippen molar-refractivity contribution < 1.29 is 18.3 Å². The maximum Gasteiger partial charge on any atom is 0.224 e. The Morgan fingerprint density at radius 3 is 2.39 bits per heavy atom. The van der Waals surface area contributed by atoms with Crippen LogP contribution >= 0.6 is 0 Å². The number of halogens is 2. The van der Waals surface area contributed by atoms with E-state index in [2.05, 4.69) is 5.32 Å².